The van der Waals surface area contributed by atoms with Gasteiger partial charge in [-0.25, -0.2) is 0 Å². The van der Waals surface area contributed by atoms with Gasteiger partial charge < -0.3 is 24.8 Å². The summed E-state index contributed by atoms with van der Waals surface area (Å²) in [4.78, 5) is 0. The van der Waals surface area contributed by atoms with Crippen molar-refractivity contribution in [3.8, 4) is 0 Å². The molecule has 2 unspecified atom stereocenters. The normalized spacial score (nSPS) is 17.9. The van der Waals surface area contributed by atoms with Crippen molar-refractivity contribution in [2.45, 2.75) is 48.0 Å². The van der Waals surface area contributed by atoms with E-state index in [9.17, 15) is 0 Å². The molecule has 0 fully saturated rings. The second-order valence-electron chi connectivity index (χ2n) is 8.18. The molecule has 4 rings (SSSR count). The SMILES string of the molecule is Cc1ccc(C)c2c1C=C[CH]2[Zr+2]([CH]1C=Cc2c(C)ccc(C)c21)=[Si](C)C.[Cl-].[Cl-]. The van der Waals surface area contributed by atoms with Gasteiger partial charge in [-0.2, -0.15) is 0 Å². The van der Waals surface area contributed by atoms with E-state index in [-0.39, 0.29) is 30.2 Å². The molecule has 0 bridgehead atoms. The number of hydrogen-bond donors (Lipinski definition) is 0. The molecule has 2 aliphatic rings. The van der Waals surface area contributed by atoms with Gasteiger partial charge in [0.05, 0.1) is 0 Å². The third-order valence-electron chi connectivity index (χ3n) is 6.23. The van der Waals surface area contributed by atoms with Crippen molar-refractivity contribution >= 4 is 17.6 Å². The molecule has 0 saturated carbocycles. The van der Waals surface area contributed by atoms with Crippen LogP contribution in [-0.4, -0.2) is 5.43 Å². The molecule has 0 aromatic heterocycles. The molecule has 0 spiro atoms. The van der Waals surface area contributed by atoms with Gasteiger partial charge in [-0.3, -0.25) is 0 Å². The standard InChI is InChI=1S/2C11H11.C2H6Si.2ClH.Zr/c2*1-8-6-7-9(2)11-5-3-4-10(8)11;1-3-2;;;/h2*3-7H,1-2H3;1-2H3;2*1H;/q;;;;;+2/p-2. The van der Waals surface area contributed by atoms with Crippen LogP contribution >= 0.6 is 0 Å². The molecule has 0 nitrogen and oxygen atoms in total. The van der Waals surface area contributed by atoms with Gasteiger partial charge in [0.15, 0.2) is 0 Å². The van der Waals surface area contributed by atoms with Crippen LogP contribution in [0, 0.1) is 27.7 Å². The number of fused-ring (bicyclic) bond motifs is 2. The Morgan fingerprint density at radius 3 is 1.36 bits per heavy atom. The van der Waals surface area contributed by atoms with Crippen molar-refractivity contribution in [2.75, 3.05) is 0 Å². The monoisotopic (exact) mass is 504 g/mol. The first-order valence-corrected chi connectivity index (χ1v) is 18.7. The van der Waals surface area contributed by atoms with Crippen LogP contribution in [0.1, 0.15) is 51.8 Å². The summed E-state index contributed by atoms with van der Waals surface area (Å²) in [6, 6.07) is 9.29. The van der Waals surface area contributed by atoms with Crippen molar-refractivity contribution in [1.29, 1.82) is 0 Å². The Morgan fingerprint density at radius 2 is 1.00 bits per heavy atom. The first-order chi connectivity index (χ1) is 12.4. The number of halogens is 2. The second-order valence-corrected chi connectivity index (χ2v) is 26.3. The second kappa shape index (κ2) is 9.17. The van der Waals surface area contributed by atoms with Gasteiger partial charge in [-0.05, 0) is 0 Å². The first kappa shape index (κ1) is 23.9. The van der Waals surface area contributed by atoms with Crippen LogP contribution in [0.25, 0.3) is 12.2 Å². The molecule has 0 amide bonds. The maximum Gasteiger partial charge on any atom is -1.00 e. The molecule has 28 heavy (non-hydrogen) atoms. The minimum atomic E-state index is -1.78. The van der Waals surface area contributed by atoms with Crippen molar-refractivity contribution in [2.24, 2.45) is 0 Å². The Kier molecular flexibility index (Phi) is 7.82. The average molecular weight is 507 g/mol. The van der Waals surface area contributed by atoms with Gasteiger partial charge in [-0.15, -0.1) is 0 Å². The van der Waals surface area contributed by atoms with E-state index in [1.54, 1.807) is 11.1 Å². The topological polar surface area (TPSA) is 0 Å². The summed E-state index contributed by atoms with van der Waals surface area (Å²) in [7, 11) is 0. The van der Waals surface area contributed by atoms with Crippen LogP contribution in [0.5, 0.6) is 0 Å². The minimum absolute atomic E-state index is 0. The van der Waals surface area contributed by atoms with E-state index in [0.717, 1.165) is 7.25 Å². The quantitative estimate of drug-likeness (QED) is 0.525. The van der Waals surface area contributed by atoms with Crippen LogP contribution < -0.4 is 24.8 Å². The molecule has 0 N–H and O–H groups in total. The summed E-state index contributed by atoms with van der Waals surface area (Å²) >= 11 is -1.78. The van der Waals surface area contributed by atoms with Crippen molar-refractivity contribution in [3.05, 3.63) is 80.9 Å². The smallest absolute Gasteiger partial charge is 1.00 e. The van der Waals surface area contributed by atoms with E-state index >= 15 is 0 Å². The van der Waals surface area contributed by atoms with Crippen LogP contribution in [0.3, 0.4) is 0 Å². The van der Waals surface area contributed by atoms with E-state index in [1.165, 1.54) is 33.4 Å². The Balaban J connectivity index is 0.00000140. The molecule has 0 radical (unpaired) electrons. The maximum absolute atomic E-state index is 2.59. The van der Waals surface area contributed by atoms with E-state index in [4.69, 9.17) is 0 Å². The number of benzene rings is 2. The van der Waals surface area contributed by atoms with Crippen molar-refractivity contribution in [3.63, 3.8) is 0 Å². The molecule has 2 aromatic rings. The molecule has 2 atom stereocenters. The summed E-state index contributed by atoms with van der Waals surface area (Å²) in [5.41, 5.74) is 12.0. The number of aryl methyl sites for hydroxylation is 4. The Morgan fingerprint density at radius 1 is 0.643 bits per heavy atom. The average Bonchev–Trinajstić information content (AvgIpc) is 3.22. The first-order valence-electron chi connectivity index (χ1n) is 9.64. The molecule has 0 saturated heterocycles. The zero-order valence-corrected chi connectivity index (χ0v) is 22.5. The number of rotatable bonds is 2. The predicted molar refractivity (Wildman–Crippen MR) is 113 cm³/mol. The van der Waals surface area contributed by atoms with Crippen molar-refractivity contribution < 1.29 is 45.2 Å². The Labute approximate surface area is 190 Å². The summed E-state index contributed by atoms with van der Waals surface area (Å²) in [5, 5.41) is 0. The third kappa shape index (κ3) is 3.83. The summed E-state index contributed by atoms with van der Waals surface area (Å²) in [6.45, 7) is 14.4. The zero-order valence-electron chi connectivity index (χ0n) is 17.5. The predicted octanol–water partition coefficient (Wildman–Crippen LogP) is 0.634. The summed E-state index contributed by atoms with van der Waals surface area (Å²) in [5.74, 6) is 0. The van der Waals surface area contributed by atoms with Crippen molar-refractivity contribution in [1.82, 2.24) is 0 Å². The maximum atomic E-state index is 2.59. The van der Waals surface area contributed by atoms with Gasteiger partial charge in [0.1, 0.15) is 0 Å². The van der Waals surface area contributed by atoms with Gasteiger partial charge >= 0.3 is 167 Å². The molecule has 2 aromatic carbocycles. The van der Waals surface area contributed by atoms with Gasteiger partial charge in [0.2, 0.25) is 0 Å². The molecular weight excluding hydrogens is 478 g/mol. The fourth-order valence-corrected chi connectivity index (χ4v) is 24.0. The summed E-state index contributed by atoms with van der Waals surface area (Å²) in [6.07, 6.45) is 10.1. The molecule has 0 heterocycles. The van der Waals surface area contributed by atoms with Crippen LogP contribution in [0.2, 0.25) is 13.1 Å². The summed E-state index contributed by atoms with van der Waals surface area (Å²) < 4.78 is 1.49. The van der Waals surface area contributed by atoms with E-state index < -0.39 is 20.4 Å². The third-order valence-corrected chi connectivity index (χ3v) is 25.2. The van der Waals surface area contributed by atoms with E-state index in [1.807, 2.05) is 0 Å². The number of hydrogen-bond acceptors (Lipinski definition) is 0. The largest absolute Gasteiger partial charge is 1.00 e. The van der Waals surface area contributed by atoms with Crippen LogP contribution in [0.15, 0.2) is 36.4 Å². The van der Waals surface area contributed by atoms with Crippen LogP contribution in [0.4, 0.5) is 0 Å². The van der Waals surface area contributed by atoms with E-state index in [0.29, 0.717) is 0 Å². The van der Waals surface area contributed by atoms with Gasteiger partial charge in [-0.1, -0.05) is 0 Å². The fourth-order valence-electron chi connectivity index (χ4n) is 4.89. The molecule has 146 valence electrons. The Bertz CT molecular complexity index is 938. The minimum Gasteiger partial charge on any atom is -1.00 e. The molecule has 2 aliphatic carbocycles. The molecular formula is C24H28Cl2SiZr. The zero-order chi connectivity index (χ0) is 18.6. The van der Waals surface area contributed by atoms with Gasteiger partial charge in [0, 0.05) is 0 Å². The van der Waals surface area contributed by atoms with Crippen LogP contribution in [-0.2, 0) is 20.4 Å². The molecule has 4 heteroatoms. The van der Waals surface area contributed by atoms with Gasteiger partial charge in [0.25, 0.3) is 0 Å². The van der Waals surface area contributed by atoms with E-state index in [2.05, 4.69) is 89.4 Å². The fraction of sp³-hybridized carbons (Fsp3) is 0.333. The Hall–Kier alpha value is -0.400. The molecule has 0 aliphatic heterocycles. The number of allylic oxidation sites excluding steroid dienone is 2.